The van der Waals surface area contributed by atoms with E-state index in [2.05, 4.69) is 37.4 Å². The second kappa shape index (κ2) is 16.5. The average molecular weight is 799 g/mol. The molecule has 1 saturated heterocycles. The molecule has 3 aromatic heterocycles. The van der Waals surface area contributed by atoms with Gasteiger partial charge in [-0.05, 0) is 32.4 Å². The number of nitrogens with two attached hydrogens (primary N) is 1. The number of piperidine rings is 1. The van der Waals surface area contributed by atoms with Crippen LogP contribution in [0, 0.1) is 25.7 Å². The third kappa shape index (κ3) is 8.14. The van der Waals surface area contributed by atoms with E-state index in [0.29, 0.717) is 23.1 Å². The van der Waals surface area contributed by atoms with Crippen molar-refractivity contribution in [3.05, 3.63) is 69.3 Å². The van der Waals surface area contributed by atoms with Gasteiger partial charge < -0.3 is 34.9 Å². The third-order valence-electron chi connectivity index (χ3n) is 9.57. The van der Waals surface area contributed by atoms with Crippen LogP contribution in [-0.2, 0) is 20.9 Å². The van der Waals surface area contributed by atoms with Gasteiger partial charge in [-0.3, -0.25) is 34.4 Å². The summed E-state index contributed by atoms with van der Waals surface area (Å²) < 4.78 is 12.8. The molecular formula is C38H39ClN10O8. The molecule has 0 bridgehead atoms. The minimum absolute atomic E-state index is 0.00175. The molecule has 7 amide bonds. The molecule has 0 radical (unpaired) electrons. The van der Waals surface area contributed by atoms with Crippen LogP contribution in [0.2, 0.25) is 5.15 Å². The van der Waals surface area contributed by atoms with Crippen LogP contribution in [0.3, 0.4) is 0 Å². The van der Waals surface area contributed by atoms with Crippen LogP contribution in [0.4, 0.5) is 21.2 Å². The van der Waals surface area contributed by atoms with Crippen molar-refractivity contribution in [1.29, 1.82) is 0 Å². The number of carbonyl (C=O) groups is 6. The minimum Gasteiger partial charge on any atom is -0.496 e. The highest BCUT2D eigenvalue weighted by atomic mass is 35.5. The zero-order valence-corrected chi connectivity index (χ0v) is 32.5. The first-order valence-electron chi connectivity index (χ1n) is 17.7. The molecule has 6 rings (SSSR count). The molecule has 4 N–H and O–H groups in total. The number of nitrogens with one attached hydrogen (secondary N) is 2. The van der Waals surface area contributed by atoms with Crippen LogP contribution in [-0.4, -0.2) is 117 Å². The Kier molecular flexibility index (Phi) is 11.6. The molecule has 18 nitrogen and oxygen atoms in total. The number of aryl methyl sites for hydroxylation is 1. The van der Waals surface area contributed by atoms with E-state index in [1.807, 2.05) is 18.4 Å². The van der Waals surface area contributed by atoms with E-state index in [1.165, 1.54) is 42.1 Å². The number of nitrogen functional groups attached to an aromatic ring is 1. The summed E-state index contributed by atoms with van der Waals surface area (Å²) in [4.78, 5) is 92.8. The Morgan fingerprint density at radius 1 is 1.11 bits per heavy atom. The highest BCUT2D eigenvalue weighted by Gasteiger charge is 2.45. The number of nitrogens with zero attached hydrogens (tertiary/aromatic N) is 7. The number of hydrogen-bond acceptors (Lipinski definition) is 12. The van der Waals surface area contributed by atoms with Gasteiger partial charge in [0.1, 0.15) is 29.2 Å². The first kappa shape index (κ1) is 39.9. The van der Waals surface area contributed by atoms with Gasteiger partial charge in [-0.2, -0.15) is 4.98 Å². The van der Waals surface area contributed by atoms with Crippen molar-refractivity contribution < 1.29 is 38.2 Å². The van der Waals surface area contributed by atoms with Gasteiger partial charge in [-0.25, -0.2) is 14.6 Å². The summed E-state index contributed by atoms with van der Waals surface area (Å²) in [6, 6.07) is 2.64. The molecular weight excluding hydrogens is 760 g/mol. The maximum absolute atomic E-state index is 13.4. The van der Waals surface area contributed by atoms with Crippen molar-refractivity contribution in [3.8, 4) is 17.6 Å². The van der Waals surface area contributed by atoms with Crippen molar-refractivity contribution in [2.75, 3.05) is 52.0 Å². The van der Waals surface area contributed by atoms with E-state index < -0.39 is 41.8 Å². The van der Waals surface area contributed by atoms with Gasteiger partial charge in [-0.1, -0.05) is 29.5 Å². The maximum Gasteiger partial charge on any atom is 0.409 e. The zero-order valence-electron chi connectivity index (χ0n) is 31.8. The Balaban J connectivity index is 1.02. The number of likely N-dealkylation sites (N-methyl/N-ethyl adjacent to an activating group) is 2. The number of carbonyl (C=O) groups excluding carboxylic acids is 6. The lowest BCUT2D eigenvalue weighted by molar-refractivity contribution is -0.136. The number of pyridine rings is 1. The summed E-state index contributed by atoms with van der Waals surface area (Å²) in [5.41, 5.74) is 9.57. The molecule has 2 aliphatic rings. The molecule has 2 aliphatic heterocycles. The second-order valence-electron chi connectivity index (χ2n) is 13.4. The molecule has 57 heavy (non-hydrogen) atoms. The number of hydrogen-bond donors (Lipinski definition) is 3. The molecule has 1 aromatic carbocycles. The number of urea groups is 1. The van der Waals surface area contributed by atoms with E-state index >= 15 is 0 Å². The number of imide groups is 2. The van der Waals surface area contributed by atoms with Crippen LogP contribution in [0.15, 0.2) is 30.6 Å². The first-order chi connectivity index (χ1) is 27.2. The fourth-order valence-corrected chi connectivity index (χ4v) is 6.82. The SMILES string of the molecule is COc1c(C)cnc(Cn2cc(C#CCCOC(=O)N(C)CCN(C)C(=O)Nc3cccc4c3C(=O)N(C3CCC(=O)NC3=O)C4=O)c3c(Cl)nc(N)nc32)c1C. The lowest BCUT2D eigenvalue weighted by Gasteiger charge is -2.27. The first-order valence-corrected chi connectivity index (χ1v) is 18.1. The van der Waals surface area contributed by atoms with Crippen molar-refractivity contribution in [2.45, 2.75) is 45.7 Å². The van der Waals surface area contributed by atoms with Crippen molar-refractivity contribution >= 4 is 70.0 Å². The van der Waals surface area contributed by atoms with Crippen molar-refractivity contribution in [2.24, 2.45) is 0 Å². The molecule has 296 valence electrons. The van der Waals surface area contributed by atoms with E-state index in [-0.39, 0.29) is 66.9 Å². The molecule has 1 atom stereocenters. The highest BCUT2D eigenvalue weighted by Crippen LogP contribution is 2.33. The molecule has 1 unspecified atom stereocenters. The number of rotatable bonds is 10. The number of benzene rings is 1. The highest BCUT2D eigenvalue weighted by molar-refractivity contribution is 6.34. The normalized spacial score (nSPS) is 14.8. The summed E-state index contributed by atoms with van der Waals surface area (Å²) in [6.45, 7) is 4.36. The molecule has 0 aliphatic carbocycles. The monoisotopic (exact) mass is 798 g/mol. The van der Waals surface area contributed by atoms with Crippen LogP contribution >= 0.6 is 11.6 Å². The Morgan fingerprint density at radius 3 is 2.60 bits per heavy atom. The van der Waals surface area contributed by atoms with Gasteiger partial charge in [0, 0.05) is 63.5 Å². The summed E-state index contributed by atoms with van der Waals surface area (Å²) >= 11 is 6.49. The molecule has 4 aromatic rings. The van der Waals surface area contributed by atoms with E-state index in [4.69, 9.17) is 26.8 Å². The number of anilines is 2. The van der Waals surface area contributed by atoms with Gasteiger partial charge in [0.2, 0.25) is 17.8 Å². The van der Waals surface area contributed by atoms with Crippen molar-refractivity contribution in [3.63, 3.8) is 0 Å². The Morgan fingerprint density at radius 2 is 1.86 bits per heavy atom. The number of methoxy groups -OCH3 is 1. The number of fused-ring (bicyclic) bond motifs is 2. The number of aromatic nitrogens is 4. The number of halogens is 1. The predicted molar refractivity (Wildman–Crippen MR) is 207 cm³/mol. The minimum atomic E-state index is -1.14. The molecule has 19 heteroatoms. The molecule has 0 spiro atoms. The Bertz CT molecular complexity index is 2400. The fraction of sp³-hybridized carbons (Fsp3) is 0.342. The summed E-state index contributed by atoms with van der Waals surface area (Å²) in [5.74, 6) is 4.15. The summed E-state index contributed by atoms with van der Waals surface area (Å²) in [6.07, 6.45) is 3.07. The second-order valence-corrected chi connectivity index (χ2v) is 13.8. The van der Waals surface area contributed by atoms with Gasteiger partial charge in [-0.15, -0.1) is 0 Å². The van der Waals surface area contributed by atoms with Gasteiger partial charge in [0.25, 0.3) is 11.8 Å². The van der Waals surface area contributed by atoms with Crippen LogP contribution < -0.4 is 21.1 Å². The lowest BCUT2D eigenvalue weighted by Crippen LogP contribution is -2.54. The summed E-state index contributed by atoms with van der Waals surface area (Å²) in [5, 5.41) is 5.45. The van der Waals surface area contributed by atoms with Gasteiger partial charge in [0.15, 0.2) is 0 Å². The van der Waals surface area contributed by atoms with E-state index in [1.54, 1.807) is 19.5 Å². The molecule has 1 fully saturated rings. The third-order valence-corrected chi connectivity index (χ3v) is 9.85. The smallest absolute Gasteiger partial charge is 0.409 e. The Labute approximate surface area is 331 Å². The van der Waals surface area contributed by atoms with E-state index in [9.17, 15) is 28.8 Å². The van der Waals surface area contributed by atoms with Crippen LogP contribution in [0.5, 0.6) is 5.75 Å². The summed E-state index contributed by atoms with van der Waals surface area (Å²) in [7, 11) is 4.62. The van der Waals surface area contributed by atoms with Gasteiger partial charge >= 0.3 is 12.1 Å². The largest absolute Gasteiger partial charge is 0.496 e. The Hall–Kier alpha value is -6.74. The standard InChI is InChI=1S/C38H39ClN10O8/c1-20-17-41-25(21(2)30(20)56-5)19-48-18-22(28-31(39)44-36(40)45-32(28)48)9-6-7-16-57-38(55)47(4)15-14-46(3)37(54)42-24-11-8-10-23-29(24)35(53)49(34(23)52)26-12-13-27(50)43-33(26)51/h8,10-11,17-18,26H,7,12-16,19H2,1-5H3,(H,42,54)(H2,40,44,45)(H,43,50,51). The number of ether oxygens (including phenoxy) is 2. The lowest BCUT2D eigenvalue weighted by atomic mass is 10.0. The quantitative estimate of drug-likeness (QED) is 0.0911. The molecule has 0 saturated carbocycles. The van der Waals surface area contributed by atoms with Crippen molar-refractivity contribution in [1.82, 2.24) is 39.5 Å². The zero-order chi connectivity index (χ0) is 41.1. The van der Waals surface area contributed by atoms with Gasteiger partial charge in [0.05, 0.1) is 47.1 Å². The van der Waals surface area contributed by atoms with Crippen LogP contribution in [0.1, 0.15) is 62.4 Å². The maximum atomic E-state index is 13.4. The van der Waals surface area contributed by atoms with E-state index in [0.717, 1.165) is 27.5 Å². The van der Waals surface area contributed by atoms with Crippen LogP contribution in [0.25, 0.3) is 11.0 Å². The predicted octanol–water partition coefficient (Wildman–Crippen LogP) is 3.11. The fourth-order valence-electron chi connectivity index (χ4n) is 6.55. The molecule has 5 heterocycles. The average Bonchev–Trinajstić information content (AvgIpc) is 3.64. The topological polar surface area (TPSA) is 224 Å². The number of amides is 7.